The Hall–Kier alpha value is -3.16. The molecule has 0 aliphatic heterocycles. The molecule has 0 unspecified atom stereocenters. The summed E-state index contributed by atoms with van der Waals surface area (Å²) in [4.78, 5) is 25.1. The molecule has 0 aliphatic carbocycles. The Kier molecular flexibility index (Phi) is 3.98. The van der Waals surface area contributed by atoms with Crippen molar-refractivity contribution in [2.75, 3.05) is 0 Å². The van der Waals surface area contributed by atoms with Crippen molar-refractivity contribution >= 4 is 17.9 Å². The van der Waals surface area contributed by atoms with E-state index in [-0.39, 0.29) is 17.4 Å². The Bertz CT molecular complexity index is 706. The van der Waals surface area contributed by atoms with Crippen LogP contribution in [0.15, 0.2) is 42.3 Å². The molecule has 1 heterocycles. The SMILES string of the molecule is Cn1c([N+](=O)[O-])cnc1C=C(Oc1ccccc1)C(=O)O. The molecule has 1 aromatic heterocycles. The van der Waals surface area contributed by atoms with E-state index in [0.717, 1.165) is 16.8 Å². The number of hydrogen-bond acceptors (Lipinski definition) is 5. The van der Waals surface area contributed by atoms with E-state index in [0.29, 0.717) is 5.75 Å². The van der Waals surface area contributed by atoms with Crippen LogP contribution < -0.4 is 4.74 Å². The summed E-state index contributed by atoms with van der Waals surface area (Å²) in [5, 5.41) is 19.9. The van der Waals surface area contributed by atoms with Gasteiger partial charge in [0.25, 0.3) is 0 Å². The molecule has 2 aromatic rings. The van der Waals surface area contributed by atoms with Crippen molar-refractivity contribution in [1.29, 1.82) is 0 Å². The van der Waals surface area contributed by atoms with E-state index in [4.69, 9.17) is 9.84 Å². The lowest BCUT2D eigenvalue weighted by Crippen LogP contribution is -2.09. The summed E-state index contributed by atoms with van der Waals surface area (Å²) in [6, 6.07) is 8.34. The summed E-state index contributed by atoms with van der Waals surface area (Å²) in [5.74, 6) is -1.48. The number of aromatic nitrogens is 2. The minimum Gasteiger partial charge on any atom is -0.475 e. The van der Waals surface area contributed by atoms with Gasteiger partial charge in [-0.15, -0.1) is 0 Å². The van der Waals surface area contributed by atoms with E-state index >= 15 is 0 Å². The fourth-order valence-corrected chi connectivity index (χ4v) is 1.59. The Morgan fingerprint density at radius 2 is 2.10 bits per heavy atom. The van der Waals surface area contributed by atoms with Crippen LogP contribution in [0, 0.1) is 10.1 Å². The first-order valence-electron chi connectivity index (χ1n) is 5.83. The van der Waals surface area contributed by atoms with Crippen LogP contribution in [0.2, 0.25) is 0 Å². The van der Waals surface area contributed by atoms with E-state index in [1.165, 1.54) is 7.05 Å². The van der Waals surface area contributed by atoms with Gasteiger partial charge >= 0.3 is 11.8 Å². The van der Waals surface area contributed by atoms with Crippen LogP contribution in [-0.2, 0) is 11.8 Å². The topological polar surface area (TPSA) is 107 Å². The number of carboxylic acid groups (broad SMARTS) is 1. The number of para-hydroxylation sites is 1. The van der Waals surface area contributed by atoms with Crippen molar-refractivity contribution in [2.24, 2.45) is 7.05 Å². The zero-order valence-electron chi connectivity index (χ0n) is 11.0. The van der Waals surface area contributed by atoms with Gasteiger partial charge in [-0.05, 0) is 17.1 Å². The molecule has 0 amide bonds. The molecule has 0 radical (unpaired) electrons. The normalized spacial score (nSPS) is 11.2. The predicted molar refractivity (Wildman–Crippen MR) is 72.5 cm³/mol. The summed E-state index contributed by atoms with van der Waals surface area (Å²) in [6.07, 6.45) is 2.18. The molecule has 0 aliphatic rings. The molecule has 0 atom stereocenters. The highest BCUT2D eigenvalue weighted by molar-refractivity contribution is 5.89. The molecule has 0 bridgehead atoms. The first-order chi connectivity index (χ1) is 9.99. The van der Waals surface area contributed by atoms with Gasteiger partial charge < -0.3 is 20.0 Å². The first-order valence-corrected chi connectivity index (χ1v) is 5.83. The highest BCUT2D eigenvalue weighted by atomic mass is 16.6. The summed E-state index contributed by atoms with van der Waals surface area (Å²) in [6.45, 7) is 0. The van der Waals surface area contributed by atoms with Crippen molar-refractivity contribution < 1.29 is 19.6 Å². The molecular weight excluding hydrogens is 278 g/mol. The monoisotopic (exact) mass is 289 g/mol. The van der Waals surface area contributed by atoms with Crippen LogP contribution in [0.1, 0.15) is 5.82 Å². The molecule has 0 saturated heterocycles. The molecular formula is C13H11N3O5. The van der Waals surface area contributed by atoms with Gasteiger partial charge in [0.1, 0.15) is 11.9 Å². The van der Waals surface area contributed by atoms with E-state index in [9.17, 15) is 14.9 Å². The number of imidazole rings is 1. The third-order valence-electron chi connectivity index (χ3n) is 2.63. The van der Waals surface area contributed by atoms with Crippen molar-refractivity contribution in [3.8, 4) is 5.75 Å². The number of carbonyl (C=O) groups is 1. The van der Waals surface area contributed by atoms with Gasteiger partial charge in [0.05, 0.1) is 13.1 Å². The molecule has 0 spiro atoms. The highest BCUT2D eigenvalue weighted by Crippen LogP contribution is 2.17. The molecule has 1 N–H and O–H groups in total. The minimum atomic E-state index is -1.30. The van der Waals surface area contributed by atoms with Crippen LogP contribution in [0.3, 0.4) is 0 Å². The number of rotatable bonds is 5. The zero-order chi connectivity index (χ0) is 15.4. The lowest BCUT2D eigenvalue weighted by Gasteiger charge is -2.05. The maximum absolute atomic E-state index is 11.2. The molecule has 8 heteroatoms. The average Bonchev–Trinajstić information content (AvgIpc) is 2.80. The quantitative estimate of drug-likeness (QED) is 0.389. The Morgan fingerprint density at radius 1 is 1.43 bits per heavy atom. The van der Waals surface area contributed by atoms with Gasteiger partial charge in [0.2, 0.25) is 11.6 Å². The van der Waals surface area contributed by atoms with E-state index < -0.39 is 10.9 Å². The maximum Gasteiger partial charge on any atom is 0.372 e. The summed E-state index contributed by atoms with van der Waals surface area (Å²) < 4.78 is 6.41. The Morgan fingerprint density at radius 3 is 2.62 bits per heavy atom. The number of nitro groups is 1. The smallest absolute Gasteiger partial charge is 0.372 e. The van der Waals surface area contributed by atoms with Crippen LogP contribution >= 0.6 is 0 Å². The highest BCUT2D eigenvalue weighted by Gasteiger charge is 2.18. The van der Waals surface area contributed by atoms with Crippen molar-refractivity contribution in [3.63, 3.8) is 0 Å². The third-order valence-corrected chi connectivity index (χ3v) is 2.63. The van der Waals surface area contributed by atoms with Gasteiger partial charge in [-0.3, -0.25) is 0 Å². The molecule has 2 rings (SSSR count). The fraction of sp³-hybridized carbons (Fsp3) is 0.0769. The van der Waals surface area contributed by atoms with E-state index in [1.807, 2.05) is 0 Å². The second-order valence-corrected chi connectivity index (χ2v) is 4.02. The molecule has 108 valence electrons. The summed E-state index contributed by atoms with van der Waals surface area (Å²) in [7, 11) is 1.42. The standard InChI is InChI=1S/C13H11N3O5/c1-15-11(14-8-12(15)16(19)20)7-10(13(17)18)21-9-5-3-2-4-6-9/h2-8H,1H3,(H,17,18). The van der Waals surface area contributed by atoms with Crippen LogP contribution in [0.25, 0.3) is 6.08 Å². The number of benzene rings is 1. The number of hydrogen-bond donors (Lipinski definition) is 1. The van der Waals surface area contributed by atoms with Crippen LogP contribution in [0.5, 0.6) is 5.75 Å². The van der Waals surface area contributed by atoms with Gasteiger partial charge in [0.15, 0.2) is 0 Å². The molecule has 0 saturated carbocycles. The lowest BCUT2D eigenvalue weighted by molar-refractivity contribution is -0.391. The van der Waals surface area contributed by atoms with Gasteiger partial charge in [-0.1, -0.05) is 18.2 Å². The second-order valence-electron chi connectivity index (χ2n) is 4.02. The fourth-order valence-electron chi connectivity index (χ4n) is 1.59. The number of ether oxygens (including phenoxy) is 1. The van der Waals surface area contributed by atoms with E-state index in [2.05, 4.69) is 4.98 Å². The number of carboxylic acids is 1. The van der Waals surface area contributed by atoms with Crippen molar-refractivity contribution in [2.45, 2.75) is 0 Å². The first kappa shape index (κ1) is 14.3. The van der Waals surface area contributed by atoms with Gasteiger partial charge in [0, 0.05) is 0 Å². The maximum atomic E-state index is 11.2. The van der Waals surface area contributed by atoms with E-state index in [1.54, 1.807) is 30.3 Å². The molecule has 1 aromatic carbocycles. The lowest BCUT2D eigenvalue weighted by atomic mass is 10.3. The molecule has 8 nitrogen and oxygen atoms in total. The Labute approximate surface area is 119 Å². The number of nitrogens with zero attached hydrogens (tertiary/aromatic N) is 3. The van der Waals surface area contributed by atoms with Crippen molar-refractivity contribution in [3.05, 3.63) is 58.2 Å². The second kappa shape index (κ2) is 5.87. The third kappa shape index (κ3) is 3.24. The largest absolute Gasteiger partial charge is 0.475 e. The van der Waals surface area contributed by atoms with Gasteiger partial charge in [-0.2, -0.15) is 0 Å². The average molecular weight is 289 g/mol. The summed E-state index contributed by atoms with van der Waals surface area (Å²) >= 11 is 0. The predicted octanol–water partition coefficient (Wildman–Crippen LogP) is 1.83. The summed E-state index contributed by atoms with van der Waals surface area (Å²) in [5.41, 5.74) is 0. The Balaban J connectivity index is 2.34. The molecule has 21 heavy (non-hydrogen) atoms. The molecule has 0 fully saturated rings. The number of aliphatic carboxylic acids is 1. The van der Waals surface area contributed by atoms with Crippen molar-refractivity contribution in [1.82, 2.24) is 9.55 Å². The van der Waals surface area contributed by atoms with Gasteiger partial charge in [-0.25, -0.2) is 14.3 Å². The van der Waals surface area contributed by atoms with Crippen LogP contribution in [-0.4, -0.2) is 25.6 Å². The van der Waals surface area contributed by atoms with Crippen LogP contribution in [0.4, 0.5) is 5.82 Å². The minimum absolute atomic E-state index is 0.107. The zero-order valence-corrected chi connectivity index (χ0v) is 11.0.